The second kappa shape index (κ2) is 6.65. The number of sulfonamides is 1. The van der Waals surface area contributed by atoms with Gasteiger partial charge in [0.05, 0.1) is 9.77 Å². The molecule has 0 radical (unpaired) electrons. The van der Waals surface area contributed by atoms with Crippen molar-refractivity contribution in [3.8, 4) is 0 Å². The van der Waals surface area contributed by atoms with Gasteiger partial charge in [-0.25, -0.2) is 13.4 Å². The molecule has 0 bridgehead atoms. The maximum absolute atomic E-state index is 12.3. The molecule has 2 rings (SSSR count). The summed E-state index contributed by atoms with van der Waals surface area (Å²) in [7, 11) is -3.53. The van der Waals surface area contributed by atoms with E-state index < -0.39 is 10.0 Å². The molecule has 0 aliphatic heterocycles. The molecule has 0 aliphatic rings. The van der Waals surface area contributed by atoms with Crippen molar-refractivity contribution < 1.29 is 13.2 Å². The molecule has 2 aromatic heterocycles. The fourth-order valence-corrected chi connectivity index (χ4v) is 4.87. The number of nitrogens with zero attached hydrogens (tertiary/aromatic N) is 2. The van der Waals surface area contributed by atoms with Crippen LogP contribution in [-0.2, 0) is 10.0 Å². The summed E-state index contributed by atoms with van der Waals surface area (Å²) in [5, 5.41) is 6.36. The van der Waals surface area contributed by atoms with E-state index in [1.165, 1.54) is 27.1 Å². The maximum Gasteiger partial charge on any atom is 0.267 e. The lowest BCUT2D eigenvalue weighted by atomic mass is 10.4. The predicted octanol–water partition coefficient (Wildman–Crippen LogP) is 2.49. The van der Waals surface area contributed by atoms with Gasteiger partial charge in [0.1, 0.15) is 0 Å². The van der Waals surface area contributed by atoms with E-state index in [1.807, 2.05) is 0 Å². The Balaban J connectivity index is 2.20. The Hall–Kier alpha value is -1.29. The summed E-state index contributed by atoms with van der Waals surface area (Å²) in [4.78, 5) is 16.5. The Kier molecular flexibility index (Phi) is 5.09. The summed E-state index contributed by atoms with van der Waals surface area (Å²) in [5.74, 6) is -0.351. The van der Waals surface area contributed by atoms with E-state index in [0.29, 0.717) is 23.1 Å². The Morgan fingerprint density at radius 1 is 1.33 bits per heavy atom. The van der Waals surface area contributed by atoms with Crippen LogP contribution in [0.5, 0.6) is 0 Å². The van der Waals surface area contributed by atoms with Crippen molar-refractivity contribution in [3.63, 3.8) is 0 Å². The normalized spacial score (nSPS) is 11.8. The first-order valence-corrected chi connectivity index (χ1v) is 9.48. The fraction of sp³-hybridized carbons (Fsp3) is 0.333. The molecule has 0 fully saturated rings. The highest BCUT2D eigenvalue weighted by Crippen LogP contribution is 2.23. The average molecular weight is 345 g/mol. The van der Waals surface area contributed by atoms with Crippen LogP contribution in [0.3, 0.4) is 0 Å². The number of thiazole rings is 1. The first-order valence-electron chi connectivity index (χ1n) is 6.28. The SMILES string of the molecule is CCN(CC)S(=O)(=O)c1csc(C(=O)Nc2nccs2)c1. The van der Waals surface area contributed by atoms with Crippen molar-refractivity contribution in [2.75, 3.05) is 18.4 Å². The van der Waals surface area contributed by atoms with Crippen LogP contribution in [0.15, 0.2) is 27.9 Å². The number of anilines is 1. The summed E-state index contributed by atoms with van der Waals surface area (Å²) >= 11 is 2.41. The molecule has 0 atom stereocenters. The minimum atomic E-state index is -3.53. The van der Waals surface area contributed by atoms with Gasteiger partial charge in [0, 0.05) is 30.0 Å². The molecule has 0 unspecified atom stereocenters. The van der Waals surface area contributed by atoms with Gasteiger partial charge in [-0.15, -0.1) is 22.7 Å². The summed E-state index contributed by atoms with van der Waals surface area (Å²) in [5.41, 5.74) is 0. The minimum absolute atomic E-state index is 0.153. The summed E-state index contributed by atoms with van der Waals surface area (Å²) in [6, 6.07) is 1.40. The van der Waals surface area contributed by atoms with Crippen molar-refractivity contribution >= 4 is 43.7 Å². The van der Waals surface area contributed by atoms with Crippen LogP contribution in [0, 0.1) is 0 Å². The molecule has 0 aromatic carbocycles. The van der Waals surface area contributed by atoms with Gasteiger partial charge in [0.25, 0.3) is 5.91 Å². The first-order chi connectivity index (χ1) is 9.98. The third-order valence-electron chi connectivity index (χ3n) is 2.80. The molecule has 9 heteroatoms. The average Bonchev–Trinajstić information content (AvgIpc) is 3.10. The van der Waals surface area contributed by atoms with Crippen LogP contribution in [0.25, 0.3) is 0 Å². The first kappa shape index (κ1) is 16.1. The van der Waals surface area contributed by atoms with Crippen molar-refractivity contribution in [3.05, 3.63) is 27.9 Å². The molecule has 2 heterocycles. The molecule has 6 nitrogen and oxygen atoms in total. The van der Waals surface area contributed by atoms with E-state index in [4.69, 9.17) is 0 Å². The van der Waals surface area contributed by atoms with E-state index in [2.05, 4.69) is 10.3 Å². The maximum atomic E-state index is 12.3. The van der Waals surface area contributed by atoms with Crippen LogP contribution in [-0.4, -0.2) is 36.7 Å². The summed E-state index contributed by atoms with van der Waals surface area (Å²) < 4.78 is 26.0. The van der Waals surface area contributed by atoms with Crippen molar-refractivity contribution in [2.45, 2.75) is 18.7 Å². The third kappa shape index (κ3) is 3.49. The zero-order valence-electron chi connectivity index (χ0n) is 11.6. The number of rotatable bonds is 6. The largest absolute Gasteiger partial charge is 0.297 e. The van der Waals surface area contributed by atoms with Crippen LogP contribution in [0.4, 0.5) is 5.13 Å². The highest BCUT2D eigenvalue weighted by Gasteiger charge is 2.24. The van der Waals surface area contributed by atoms with Gasteiger partial charge in [-0.3, -0.25) is 10.1 Å². The van der Waals surface area contributed by atoms with Gasteiger partial charge in [-0.2, -0.15) is 4.31 Å². The number of nitrogens with one attached hydrogen (secondary N) is 1. The molecule has 1 amide bonds. The zero-order valence-corrected chi connectivity index (χ0v) is 14.0. The van der Waals surface area contributed by atoms with Crippen LogP contribution >= 0.6 is 22.7 Å². The van der Waals surface area contributed by atoms with Crippen molar-refractivity contribution in [2.24, 2.45) is 0 Å². The van der Waals surface area contributed by atoms with Gasteiger partial charge in [-0.1, -0.05) is 13.8 Å². The summed E-state index contributed by atoms with van der Waals surface area (Å²) in [6.07, 6.45) is 1.59. The number of aromatic nitrogens is 1. The topological polar surface area (TPSA) is 79.4 Å². The lowest BCUT2D eigenvalue weighted by Gasteiger charge is -2.17. The number of hydrogen-bond donors (Lipinski definition) is 1. The molecular formula is C12H15N3O3S3. The van der Waals surface area contributed by atoms with Gasteiger partial charge in [-0.05, 0) is 6.07 Å². The Bertz CT molecular complexity index is 703. The lowest BCUT2D eigenvalue weighted by molar-refractivity contribution is 0.103. The molecule has 1 N–H and O–H groups in total. The zero-order chi connectivity index (χ0) is 15.5. The molecule has 2 aromatic rings. The van der Waals surface area contributed by atoms with E-state index >= 15 is 0 Å². The fourth-order valence-electron chi connectivity index (χ4n) is 1.73. The van der Waals surface area contributed by atoms with Gasteiger partial charge in [0.15, 0.2) is 5.13 Å². The quantitative estimate of drug-likeness (QED) is 0.872. The highest BCUT2D eigenvalue weighted by molar-refractivity contribution is 7.89. The molecule has 114 valence electrons. The van der Waals surface area contributed by atoms with E-state index in [1.54, 1.807) is 25.4 Å². The highest BCUT2D eigenvalue weighted by atomic mass is 32.2. The van der Waals surface area contributed by atoms with Crippen LogP contribution in [0.1, 0.15) is 23.5 Å². The van der Waals surface area contributed by atoms with Crippen LogP contribution in [0.2, 0.25) is 0 Å². The number of amides is 1. The Labute approximate surface area is 131 Å². The molecule has 0 saturated heterocycles. The van der Waals surface area contributed by atoms with Gasteiger partial charge >= 0.3 is 0 Å². The molecule has 0 aliphatic carbocycles. The number of carbonyl (C=O) groups excluding carboxylic acids is 1. The minimum Gasteiger partial charge on any atom is -0.297 e. The van der Waals surface area contributed by atoms with Crippen LogP contribution < -0.4 is 5.32 Å². The monoisotopic (exact) mass is 345 g/mol. The number of hydrogen-bond acceptors (Lipinski definition) is 6. The summed E-state index contributed by atoms with van der Waals surface area (Å²) in [6.45, 7) is 4.36. The van der Waals surface area contributed by atoms with Gasteiger partial charge in [0.2, 0.25) is 10.0 Å². The van der Waals surface area contributed by atoms with Gasteiger partial charge < -0.3 is 0 Å². The number of carbonyl (C=O) groups is 1. The van der Waals surface area contributed by atoms with Crippen molar-refractivity contribution in [1.29, 1.82) is 0 Å². The molecule has 0 spiro atoms. The molecule has 21 heavy (non-hydrogen) atoms. The second-order valence-corrected chi connectivity index (χ2v) is 7.77. The molecular weight excluding hydrogens is 330 g/mol. The Morgan fingerprint density at radius 3 is 2.62 bits per heavy atom. The van der Waals surface area contributed by atoms with E-state index in [-0.39, 0.29) is 10.8 Å². The Morgan fingerprint density at radius 2 is 2.05 bits per heavy atom. The van der Waals surface area contributed by atoms with E-state index in [0.717, 1.165) is 11.3 Å². The molecule has 0 saturated carbocycles. The van der Waals surface area contributed by atoms with E-state index in [9.17, 15) is 13.2 Å². The predicted molar refractivity (Wildman–Crippen MR) is 84.5 cm³/mol. The third-order valence-corrected chi connectivity index (χ3v) is 6.59. The number of thiophene rings is 1. The second-order valence-electron chi connectivity index (χ2n) is 4.03. The smallest absolute Gasteiger partial charge is 0.267 e. The standard InChI is InChI=1S/C12H15N3O3S3/c1-3-15(4-2)21(17,18)9-7-10(20-8-9)11(16)14-12-13-5-6-19-12/h5-8H,3-4H2,1-2H3,(H,13,14,16). The van der Waals surface area contributed by atoms with Crippen molar-refractivity contribution in [1.82, 2.24) is 9.29 Å². The lowest BCUT2D eigenvalue weighted by Crippen LogP contribution is -2.30.